The van der Waals surface area contributed by atoms with Crippen molar-refractivity contribution in [2.24, 2.45) is 0 Å². The van der Waals surface area contributed by atoms with Crippen LogP contribution < -0.4 is 15.4 Å². The Kier molecular flexibility index (Phi) is 14.5. The van der Waals surface area contributed by atoms with Gasteiger partial charge in [-0.15, -0.1) is 0 Å². The van der Waals surface area contributed by atoms with Crippen molar-refractivity contribution in [1.29, 1.82) is 0 Å². The lowest BCUT2D eigenvalue weighted by Crippen LogP contribution is -2.42. The highest BCUT2D eigenvalue weighted by Gasteiger charge is 2.18. The highest BCUT2D eigenvalue weighted by atomic mass is 16.5. The summed E-state index contributed by atoms with van der Waals surface area (Å²) in [6.07, 6.45) is 11.1. The summed E-state index contributed by atoms with van der Waals surface area (Å²) in [6.45, 7) is 2.34. The first-order valence-electron chi connectivity index (χ1n) is 13.5. The standard InChI is InChI=1S/C30H43N3O4/c1-3-4-5-6-7-8-9-10-14-17-30(36)33(23-25-15-12-11-13-16-25)24-29(35)31-22-28(34)32-26-18-20-27(37-2)21-19-26/h11-13,15-16,18-21H,3-10,14,17,22-24H2,1-2H3,(H,31,35)(H,32,34). The number of anilines is 1. The molecule has 2 N–H and O–H groups in total. The predicted molar refractivity (Wildman–Crippen MR) is 148 cm³/mol. The van der Waals surface area contributed by atoms with Crippen molar-refractivity contribution >= 4 is 23.4 Å². The summed E-state index contributed by atoms with van der Waals surface area (Å²) in [4.78, 5) is 39.4. The lowest BCUT2D eigenvalue weighted by molar-refractivity contribution is -0.137. The molecule has 0 aliphatic heterocycles. The summed E-state index contributed by atoms with van der Waals surface area (Å²) in [5.41, 5.74) is 1.58. The molecule has 37 heavy (non-hydrogen) atoms. The zero-order chi connectivity index (χ0) is 26.7. The number of nitrogens with one attached hydrogen (secondary N) is 2. The van der Waals surface area contributed by atoms with E-state index in [1.807, 2.05) is 30.3 Å². The average Bonchev–Trinajstić information content (AvgIpc) is 2.91. The normalized spacial score (nSPS) is 10.5. The van der Waals surface area contributed by atoms with E-state index in [-0.39, 0.29) is 30.8 Å². The van der Waals surface area contributed by atoms with Crippen LogP contribution in [0.2, 0.25) is 0 Å². The van der Waals surface area contributed by atoms with Gasteiger partial charge in [0.05, 0.1) is 20.2 Å². The number of carbonyl (C=O) groups excluding carboxylic acids is 3. The van der Waals surface area contributed by atoms with Gasteiger partial charge in [0.1, 0.15) is 5.75 Å². The molecule has 0 fully saturated rings. The van der Waals surface area contributed by atoms with Gasteiger partial charge in [-0.05, 0) is 36.2 Å². The molecule has 0 saturated heterocycles. The van der Waals surface area contributed by atoms with E-state index in [4.69, 9.17) is 4.74 Å². The number of nitrogens with zero attached hydrogens (tertiary/aromatic N) is 1. The number of rotatable bonds is 18. The topological polar surface area (TPSA) is 87.7 Å². The van der Waals surface area contributed by atoms with Gasteiger partial charge in [0, 0.05) is 18.7 Å². The molecule has 0 atom stereocenters. The molecule has 0 radical (unpaired) electrons. The van der Waals surface area contributed by atoms with Gasteiger partial charge < -0.3 is 20.3 Å². The first kappa shape index (κ1) is 29.9. The van der Waals surface area contributed by atoms with Crippen molar-refractivity contribution < 1.29 is 19.1 Å². The van der Waals surface area contributed by atoms with Gasteiger partial charge in [0.15, 0.2) is 0 Å². The summed E-state index contributed by atoms with van der Waals surface area (Å²) >= 11 is 0. The van der Waals surface area contributed by atoms with Crippen molar-refractivity contribution in [1.82, 2.24) is 10.2 Å². The number of unbranched alkanes of at least 4 members (excludes halogenated alkanes) is 8. The number of amides is 3. The molecule has 0 aliphatic carbocycles. The molecule has 2 aromatic carbocycles. The average molecular weight is 510 g/mol. The van der Waals surface area contributed by atoms with Gasteiger partial charge in [0.25, 0.3) is 0 Å². The minimum Gasteiger partial charge on any atom is -0.497 e. The third kappa shape index (κ3) is 13.0. The van der Waals surface area contributed by atoms with E-state index in [1.165, 1.54) is 38.5 Å². The summed E-state index contributed by atoms with van der Waals surface area (Å²) in [5, 5.41) is 5.37. The van der Waals surface area contributed by atoms with Gasteiger partial charge in [0.2, 0.25) is 17.7 Å². The molecule has 0 aromatic heterocycles. The third-order valence-corrected chi connectivity index (χ3v) is 6.22. The van der Waals surface area contributed by atoms with Crippen LogP contribution in [0, 0.1) is 0 Å². The fourth-order valence-corrected chi connectivity index (χ4v) is 4.07. The van der Waals surface area contributed by atoms with Gasteiger partial charge in [-0.2, -0.15) is 0 Å². The summed E-state index contributed by atoms with van der Waals surface area (Å²) in [6, 6.07) is 16.6. The van der Waals surface area contributed by atoms with Crippen LogP contribution in [-0.4, -0.2) is 42.8 Å². The van der Waals surface area contributed by atoms with Crippen LogP contribution >= 0.6 is 0 Å². The quantitative estimate of drug-likeness (QED) is 0.252. The maximum absolute atomic E-state index is 13.0. The zero-order valence-electron chi connectivity index (χ0n) is 22.5. The molecule has 0 aliphatic rings. The molecule has 0 unspecified atom stereocenters. The van der Waals surface area contributed by atoms with E-state index in [0.717, 1.165) is 24.8 Å². The SMILES string of the molecule is CCCCCCCCCCCC(=O)N(CC(=O)NCC(=O)Nc1ccc(OC)cc1)Cc1ccccc1. The van der Waals surface area contributed by atoms with E-state index in [9.17, 15) is 14.4 Å². The second kappa shape index (κ2) is 18.0. The third-order valence-electron chi connectivity index (χ3n) is 6.22. The molecule has 2 rings (SSSR count). The van der Waals surface area contributed by atoms with Gasteiger partial charge in [-0.25, -0.2) is 0 Å². The molecule has 3 amide bonds. The Morgan fingerprint density at radius 1 is 0.784 bits per heavy atom. The Bertz CT molecular complexity index is 932. The maximum atomic E-state index is 13.0. The molecule has 2 aromatic rings. The summed E-state index contributed by atoms with van der Waals surface area (Å²) < 4.78 is 5.11. The summed E-state index contributed by atoms with van der Waals surface area (Å²) in [5.74, 6) is -0.0445. The van der Waals surface area contributed by atoms with Crippen molar-refractivity contribution in [2.45, 2.75) is 77.7 Å². The highest BCUT2D eigenvalue weighted by molar-refractivity contribution is 5.95. The van der Waals surface area contributed by atoms with Crippen LogP contribution in [0.1, 0.15) is 76.7 Å². The van der Waals surface area contributed by atoms with E-state index >= 15 is 0 Å². The fourth-order valence-electron chi connectivity index (χ4n) is 4.07. The van der Waals surface area contributed by atoms with Crippen LogP contribution in [-0.2, 0) is 20.9 Å². The Hall–Kier alpha value is -3.35. The Balaban J connectivity index is 1.78. The largest absolute Gasteiger partial charge is 0.497 e. The lowest BCUT2D eigenvalue weighted by Gasteiger charge is -2.22. The van der Waals surface area contributed by atoms with Gasteiger partial charge in [-0.1, -0.05) is 88.6 Å². The Morgan fingerprint density at radius 2 is 1.41 bits per heavy atom. The molecule has 0 heterocycles. The first-order valence-corrected chi connectivity index (χ1v) is 13.5. The van der Waals surface area contributed by atoms with Gasteiger partial charge in [-0.3, -0.25) is 14.4 Å². The smallest absolute Gasteiger partial charge is 0.243 e. The second-order valence-corrected chi connectivity index (χ2v) is 9.37. The van der Waals surface area contributed by atoms with Crippen molar-refractivity contribution in [3.05, 3.63) is 60.2 Å². The van der Waals surface area contributed by atoms with E-state index in [0.29, 0.717) is 24.4 Å². The summed E-state index contributed by atoms with van der Waals surface area (Å²) in [7, 11) is 1.57. The number of methoxy groups -OCH3 is 1. The van der Waals surface area contributed by atoms with Crippen LogP contribution in [0.3, 0.4) is 0 Å². The highest BCUT2D eigenvalue weighted by Crippen LogP contribution is 2.15. The molecule has 0 saturated carbocycles. The molecule has 7 nitrogen and oxygen atoms in total. The number of hydrogen-bond acceptors (Lipinski definition) is 4. The van der Waals surface area contributed by atoms with E-state index in [2.05, 4.69) is 17.6 Å². The Labute approximate surface area is 222 Å². The zero-order valence-corrected chi connectivity index (χ0v) is 22.5. The van der Waals surface area contributed by atoms with Crippen LogP contribution in [0.5, 0.6) is 5.75 Å². The molecule has 0 spiro atoms. The number of ether oxygens (including phenoxy) is 1. The number of hydrogen-bond donors (Lipinski definition) is 2. The van der Waals surface area contributed by atoms with Crippen molar-refractivity contribution in [3.63, 3.8) is 0 Å². The minimum absolute atomic E-state index is 0.0374. The van der Waals surface area contributed by atoms with E-state index < -0.39 is 0 Å². The van der Waals surface area contributed by atoms with Crippen LogP contribution in [0.25, 0.3) is 0 Å². The number of benzene rings is 2. The van der Waals surface area contributed by atoms with Gasteiger partial charge >= 0.3 is 0 Å². The monoisotopic (exact) mass is 509 g/mol. The number of carbonyl (C=O) groups is 3. The maximum Gasteiger partial charge on any atom is 0.243 e. The molecular weight excluding hydrogens is 466 g/mol. The van der Waals surface area contributed by atoms with E-state index in [1.54, 1.807) is 36.3 Å². The fraction of sp³-hybridized carbons (Fsp3) is 0.500. The van der Waals surface area contributed by atoms with Crippen molar-refractivity contribution in [3.8, 4) is 5.75 Å². The molecule has 7 heteroatoms. The van der Waals surface area contributed by atoms with Crippen molar-refractivity contribution in [2.75, 3.05) is 25.5 Å². The van der Waals surface area contributed by atoms with Crippen LogP contribution in [0.4, 0.5) is 5.69 Å². The second-order valence-electron chi connectivity index (χ2n) is 9.37. The van der Waals surface area contributed by atoms with Crippen LogP contribution in [0.15, 0.2) is 54.6 Å². The molecule has 0 bridgehead atoms. The lowest BCUT2D eigenvalue weighted by atomic mass is 10.1. The predicted octanol–water partition coefficient (Wildman–Crippen LogP) is 5.70. The molecule has 202 valence electrons. The Morgan fingerprint density at radius 3 is 2.03 bits per heavy atom. The first-order chi connectivity index (χ1) is 18.0. The minimum atomic E-state index is -0.360. The molecular formula is C30H43N3O4.